The van der Waals surface area contributed by atoms with Crippen LogP contribution in [-0.2, 0) is 11.2 Å². The van der Waals surface area contributed by atoms with Crippen molar-refractivity contribution in [3.8, 4) is 5.75 Å². The standard InChI is InChI=1S/C28H29NO2/c30-19-20-14-16-29(17-15-20)24-9-6-22(7-10-24)28-26(21-4-2-1-3-5-21)12-8-23-18-25(31)11-13-27(23)28/h1-7,9-11,13,18-20,26,28,31H,8,12,14-17H2/t26-,28+/m0/s1. The normalized spacial score (nSPS) is 21.5. The van der Waals surface area contributed by atoms with Crippen LogP contribution in [0.2, 0.25) is 0 Å². The number of nitrogens with zero attached hydrogens (tertiary/aromatic N) is 1. The summed E-state index contributed by atoms with van der Waals surface area (Å²) in [5.41, 5.74) is 6.54. The van der Waals surface area contributed by atoms with E-state index in [1.54, 1.807) is 0 Å². The minimum Gasteiger partial charge on any atom is -0.508 e. The number of anilines is 1. The van der Waals surface area contributed by atoms with Crippen LogP contribution in [0, 0.1) is 5.92 Å². The SMILES string of the molecule is O=CC1CCN(c2ccc([C@H]3c4ccc(O)cc4CC[C@H]3c3ccccc3)cc2)CC1. The summed E-state index contributed by atoms with van der Waals surface area (Å²) in [4.78, 5) is 13.5. The van der Waals surface area contributed by atoms with E-state index in [0.717, 1.165) is 45.1 Å². The average molecular weight is 412 g/mol. The lowest BCUT2D eigenvalue weighted by Gasteiger charge is -2.35. The maximum Gasteiger partial charge on any atom is 0.123 e. The van der Waals surface area contributed by atoms with Crippen molar-refractivity contribution in [1.29, 1.82) is 0 Å². The number of phenolic OH excluding ortho intramolecular Hbond substituents is 1. The molecule has 0 bridgehead atoms. The highest BCUT2D eigenvalue weighted by Gasteiger charge is 2.32. The Morgan fingerprint density at radius 2 is 1.58 bits per heavy atom. The fraction of sp³-hybridized carbons (Fsp3) is 0.321. The average Bonchev–Trinajstić information content (AvgIpc) is 2.84. The molecule has 0 saturated carbocycles. The number of benzene rings is 3. The number of aldehydes is 1. The van der Waals surface area contributed by atoms with Crippen molar-refractivity contribution < 1.29 is 9.90 Å². The molecule has 3 aromatic rings. The number of hydrogen-bond acceptors (Lipinski definition) is 3. The number of carbonyl (C=O) groups excluding carboxylic acids is 1. The lowest BCUT2D eigenvalue weighted by molar-refractivity contribution is -0.111. The Morgan fingerprint density at radius 1 is 0.839 bits per heavy atom. The van der Waals surface area contributed by atoms with Crippen molar-refractivity contribution >= 4 is 12.0 Å². The van der Waals surface area contributed by atoms with Crippen LogP contribution in [0.15, 0.2) is 72.8 Å². The lowest BCUT2D eigenvalue weighted by Crippen LogP contribution is -2.34. The van der Waals surface area contributed by atoms with E-state index in [1.165, 1.54) is 27.9 Å². The molecule has 0 radical (unpaired) electrons. The largest absolute Gasteiger partial charge is 0.508 e. The lowest BCUT2D eigenvalue weighted by atomic mass is 9.69. The minimum atomic E-state index is 0.220. The van der Waals surface area contributed by atoms with Crippen LogP contribution in [0.4, 0.5) is 5.69 Å². The Hall–Kier alpha value is -3.07. The van der Waals surface area contributed by atoms with Gasteiger partial charge in [0.05, 0.1) is 0 Å². The third-order valence-electron chi connectivity index (χ3n) is 7.17. The molecule has 158 valence electrons. The molecule has 0 unspecified atom stereocenters. The molecular weight excluding hydrogens is 382 g/mol. The Balaban J connectivity index is 1.47. The van der Waals surface area contributed by atoms with Gasteiger partial charge in [-0.2, -0.15) is 0 Å². The van der Waals surface area contributed by atoms with Gasteiger partial charge in [-0.25, -0.2) is 0 Å². The summed E-state index contributed by atoms with van der Waals surface area (Å²) in [6, 6.07) is 25.8. The molecule has 3 aromatic carbocycles. The van der Waals surface area contributed by atoms with Crippen LogP contribution in [0.5, 0.6) is 5.75 Å². The molecule has 1 fully saturated rings. The van der Waals surface area contributed by atoms with E-state index in [-0.39, 0.29) is 11.8 Å². The number of aromatic hydroxyl groups is 1. The zero-order valence-corrected chi connectivity index (χ0v) is 17.8. The van der Waals surface area contributed by atoms with E-state index < -0.39 is 0 Å². The van der Waals surface area contributed by atoms with Crippen molar-refractivity contribution in [2.24, 2.45) is 5.92 Å². The molecule has 31 heavy (non-hydrogen) atoms. The Morgan fingerprint density at radius 3 is 2.29 bits per heavy atom. The number of aryl methyl sites for hydroxylation is 1. The molecule has 5 rings (SSSR count). The Bertz CT molecular complexity index is 1040. The van der Waals surface area contributed by atoms with E-state index in [4.69, 9.17) is 0 Å². The topological polar surface area (TPSA) is 40.5 Å². The van der Waals surface area contributed by atoms with E-state index in [2.05, 4.69) is 65.6 Å². The van der Waals surface area contributed by atoms with Crippen LogP contribution in [0.3, 0.4) is 0 Å². The summed E-state index contributed by atoms with van der Waals surface area (Å²) in [5.74, 6) is 1.27. The zero-order valence-electron chi connectivity index (χ0n) is 17.8. The molecule has 1 heterocycles. The second kappa shape index (κ2) is 8.58. The van der Waals surface area contributed by atoms with Gasteiger partial charge >= 0.3 is 0 Å². The summed E-state index contributed by atoms with van der Waals surface area (Å²) in [6.45, 7) is 1.89. The predicted molar refractivity (Wildman–Crippen MR) is 125 cm³/mol. The van der Waals surface area contributed by atoms with Crippen LogP contribution < -0.4 is 4.90 Å². The van der Waals surface area contributed by atoms with Gasteiger partial charge in [-0.05, 0) is 78.1 Å². The van der Waals surface area contributed by atoms with Crippen molar-refractivity contribution in [3.05, 3.63) is 95.1 Å². The van der Waals surface area contributed by atoms with Crippen molar-refractivity contribution in [1.82, 2.24) is 0 Å². The summed E-state index contributed by atoms with van der Waals surface area (Å²) < 4.78 is 0. The minimum absolute atomic E-state index is 0.220. The second-order valence-electron chi connectivity index (χ2n) is 8.97. The third kappa shape index (κ3) is 3.97. The Labute approximate surface area is 184 Å². The van der Waals surface area contributed by atoms with Crippen LogP contribution in [0.25, 0.3) is 0 Å². The fourth-order valence-corrected chi connectivity index (χ4v) is 5.46. The molecule has 0 amide bonds. The van der Waals surface area contributed by atoms with Crippen molar-refractivity contribution in [2.45, 2.75) is 37.5 Å². The molecule has 1 aliphatic carbocycles. The van der Waals surface area contributed by atoms with E-state index in [9.17, 15) is 9.90 Å². The van der Waals surface area contributed by atoms with Gasteiger partial charge in [0.25, 0.3) is 0 Å². The summed E-state index contributed by atoms with van der Waals surface area (Å²) in [6.07, 6.45) is 5.07. The number of fused-ring (bicyclic) bond motifs is 1. The van der Waals surface area contributed by atoms with E-state index >= 15 is 0 Å². The molecule has 1 aliphatic heterocycles. The Kier molecular flexibility index (Phi) is 5.50. The summed E-state index contributed by atoms with van der Waals surface area (Å²) in [5, 5.41) is 10.0. The van der Waals surface area contributed by atoms with Gasteiger partial charge in [0.1, 0.15) is 12.0 Å². The van der Waals surface area contributed by atoms with Crippen LogP contribution in [0.1, 0.15) is 53.4 Å². The second-order valence-corrected chi connectivity index (χ2v) is 8.97. The molecule has 2 atom stereocenters. The monoisotopic (exact) mass is 411 g/mol. The predicted octanol–water partition coefficient (Wildman–Crippen LogP) is 5.67. The highest BCUT2D eigenvalue weighted by molar-refractivity contribution is 5.56. The van der Waals surface area contributed by atoms with Gasteiger partial charge in [-0.3, -0.25) is 0 Å². The van der Waals surface area contributed by atoms with Gasteiger partial charge in [0.15, 0.2) is 0 Å². The fourth-order valence-electron chi connectivity index (χ4n) is 5.46. The summed E-state index contributed by atoms with van der Waals surface area (Å²) in [7, 11) is 0. The molecule has 0 spiro atoms. The van der Waals surface area contributed by atoms with Crippen molar-refractivity contribution in [2.75, 3.05) is 18.0 Å². The molecule has 2 aliphatic rings. The first kappa shape index (κ1) is 19.9. The molecule has 1 saturated heterocycles. The number of phenols is 1. The zero-order chi connectivity index (χ0) is 21.2. The first-order valence-corrected chi connectivity index (χ1v) is 11.4. The third-order valence-corrected chi connectivity index (χ3v) is 7.17. The molecule has 3 nitrogen and oxygen atoms in total. The molecule has 1 N–H and O–H groups in total. The number of piperidine rings is 1. The van der Waals surface area contributed by atoms with Crippen molar-refractivity contribution in [3.63, 3.8) is 0 Å². The van der Waals surface area contributed by atoms with Gasteiger partial charge in [0, 0.05) is 30.6 Å². The molecule has 3 heteroatoms. The quantitative estimate of drug-likeness (QED) is 0.563. The van der Waals surface area contributed by atoms with E-state index in [1.807, 2.05) is 12.1 Å². The number of rotatable bonds is 4. The number of hydrogen-bond donors (Lipinski definition) is 1. The first-order valence-electron chi connectivity index (χ1n) is 11.4. The molecular formula is C28H29NO2. The first-order chi connectivity index (χ1) is 15.2. The van der Waals surface area contributed by atoms with Crippen LogP contribution >= 0.6 is 0 Å². The number of carbonyl (C=O) groups is 1. The summed E-state index contributed by atoms with van der Waals surface area (Å²) >= 11 is 0. The molecule has 0 aromatic heterocycles. The highest BCUT2D eigenvalue weighted by atomic mass is 16.3. The van der Waals surface area contributed by atoms with Gasteiger partial charge in [-0.1, -0.05) is 48.5 Å². The van der Waals surface area contributed by atoms with Gasteiger partial charge < -0.3 is 14.8 Å². The van der Waals surface area contributed by atoms with Gasteiger partial charge in [-0.15, -0.1) is 0 Å². The smallest absolute Gasteiger partial charge is 0.123 e. The van der Waals surface area contributed by atoms with E-state index in [0.29, 0.717) is 11.7 Å². The van der Waals surface area contributed by atoms with Gasteiger partial charge in [0.2, 0.25) is 0 Å². The van der Waals surface area contributed by atoms with Crippen LogP contribution in [-0.4, -0.2) is 24.5 Å². The maximum atomic E-state index is 11.1. The highest BCUT2D eigenvalue weighted by Crippen LogP contribution is 2.47. The maximum absolute atomic E-state index is 11.1.